The molecule has 4 heteroatoms. The fourth-order valence-electron chi connectivity index (χ4n) is 0.652. The zero-order valence-corrected chi connectivity index (χ0v) is 7.88. The maximum absolute atomic E-state index is 5.36. The van der Waals surface area contributed by atoms with Crippen molar-refractivity contribution in [1.29, 1.82) is 0 Å². The highest BCUT2D eigenvalue weighted by molar-refractivity contribution is 8.78. The summed E-state index contributed by atoms with van der Waals surface area (Å²) < 4.78 is 0. The Balaban J connectivity index is 2.15. The van der Waals surface area contributed by atoms with Gasteiger partial charge in [-0.25, -0.2) is 0 Å². The van der Waals surface area contributed by atoms with Gasteiger partial charge in [-0.15, -0.1) is 0 Å². The SMILES string of the molecule is NCCSSC1=CC=CCN1. The Morgan fingerprint density at radius 2 is 2.55 bits per heavy atom. The van der Waals surface area contributed by atoms with E-state index in [1.165, 1.54) is 5.03 Å². The van der Waals surface area contributed by atoms with Crippen molar-refractivity contribution in [2.24, 2.45) is 5.73 Å². The molecule has 0 radical (unpaired) electrons. The molecule has 0 bridgehead atoms. The number of allylic oxidation sites excluding steroid dienone is 2. The van der Waals surface area contributed by atoms with Crippen molar-refractivity contribution >= 4 is 21.6 Å². The summed E-state index contributed by atoms with van der Waals surface area (Å²) in [7, 11) is 3.54. The van der Waals surface area contributed by atoms with E-state index in [4.69, 9.17) is 5.73 Å². The Morgan fingerprint density at radius 3 is 3.18 bits per heavy atom. The van der Waals surface area contributed by atoms with Crippen molar-refractivity contribution < 1.29 is 0 Å². The molecule has 0 spiro atoms. The molecule has 2 nitrogen and oxygen atoms in total. The molecule has 1 aliphatic rings. The van der Waals surface area contributed by atoms with Crippen LogP contribution in [0.3, 0.4) is 0 Å². The van der Waals surface area contributed by atoms with Crippen LogP contribution in [0.25, 0.3) is 0 Å². The van der Waals surface area contributed by atoms with Crippen LogP contribution in [0.4, 0.5) is 0 Å². The molecule has 11 heavy (non-hydrogen) atoms. The zero-order valence-electron chi connectivity index (χ0n) is 6.25. The largest absolute Gasteiger partial charge is 0.376 e. The molecule has 0 saturated heterocycles. The molecule has 0 aromatic rings. The molecule has 1 aliphatic heterocycles. The molecule has 0 unspecified atom stereocenters. The van der Waals surface area contributed by atoms with E-state index >= 15 is 0 Å². The normalized spacial score (nSPS) is 15.9. The monoisotopic (exact) mass is 188 g/mol. The molecular formula is C7H12N2S2. The lowest BCUT2D eigenvalue weighted by Gasteiger charge is -2.09. The molecule has 62 valence electrons. The van der Waals surface area contributed by atoms with E-state index < -0.39 is 0 Å². The van der Waals surface area contributed by atoms with Gasteiger partial charge in [0.25, 0.3) is 0 Å². The Labute approximate surface area is 75.1 Å². The van der Waals surface area contributed by atoms with Crippen LogP contribution in [0.5, 0.6) is 0 Å². The second-order valence-corrected chi connectivity index (χ2v) is 4.49. The third-order valence-corrected chi connectivity index (χ3v) is 3.50. The van der Waals surface area contributed by atoms with Gasteiger partial charge in [-0.2, -0.15) is 0 Å². The highest BCUT2D eigenvalue weighted by atomic mass is 33.1. The van der Waals surface area contributed by atoms with Crippen LogP contribution in [0, 0.1) is 0 Å². The number of hydrogen-bond donors (Lipinski definition) is 2. The average molecular weight is 188 g/mol. The van der Waals surface area contributed by atoms with E-state index in [0.29, 0.717) is 0 Å². The lowest BCUT2D eigenvalue weighted by Crippen LogP contribution is -2.12. The van der Waals surface area contributed by atoms with E-state index in [1.54, 1.807) is 21.6 Å². The van der Waals surface area contributed by atoms with Crippen LogP contribution in [0.1, 0.15) is 0 Å². The van der Waals surface area contributed by atoms with Gasteiger partial charge in [0.15, 0.2) is 0 Å². The summed E-state index contributed by atoms with van der Waals surface area (Å²) in [6.07, 6.45) is 6.25. The predicted molar refractivity (Wildman–Crippen MR) is 54.3 cm³/mol. The first kappa shape index (κ1) is 9.03. The first-order chi connectivity index (χ1) is 5.43. The second-order valence-electron chi connectivity index (χ2n) is 2.03. The van der Waals surface area contributed by atoms with E-state index in [2.05, 4.69) is 23.5 Å². The van der Waals surface area contributed by atoms with Crippen molar-refractivity contribution in [1.82, 2.24) is 5.32 Å². The van der Waals surface area contributed by atoms with E-state index in [0.717, 1.165) is 18.8 Å². The van der Waals surface area contributed by atoms with Crippen LogP contribution in [-0.4, -0.2) is 18.8 Å². The summed E-state index contributed by atoms with van der Waals surface area (Å²) in [4.78, 5) is 0. The summed E-state index contributed by atoms with van der Waals surface area (Å²) in [5.41, 5.74) is 5.36. The quantitative estimate of drug-likeness (QED) is 0.515. The van der Waals surface area contributed by atoms with E-state index in [9.17, 15) is 0 Å². The number of nitrogens with two attached hydrogens (primary N) is 1. The molecule has 0 atom stereocenters. The van der Waals surface area contributed by atoms with Crippen LogP contribution in [-0.2, 0) is 0 Å². The van der Waals surface area contributed by atoms with Gasteiger partial charge in [-0.1, -0.05) is 22.9 Å². The van der Waals surface area contributed by atoms with Gasteiger partial charge in [0.1, 0.15) is 0 Å². The summed E-state index contributed by atoms with van der Waals surface area (Å²) in [6.45, 7) is 1.70. The third-order valence-electron chi connectivity index (χ3n) is 1.13. The van der Waals surface area contributed by atoms with Crippen LogP contribution < -0.4 is 11.1 Å². The van der Waals surface area contributed by atoms with Crippen LogP contribution in [0.15, 0.2) is 23.3 Å². The minimum absolute atomic E-state index is 0.751. The molecule has 0 aromatic heterocycles. The van der Waals surface area contributed by atoms with Crippen molar-refractivity contribution in [3.63, 3.8) is 0 Å². The first-order valence-electron chi connectivity index (χ1n) is 3.53. The number of dihydropyridines is 1. The molecule has 0 fully saturated rings. The molecule has 0 saturated carbocycles. The molecule has 0 amide bonds. The number of rotatable bonds is 4. The predicted octanol–water partition coefficient (Wildman–Crippen LogP) is 1.33. The van der Waals surface area contributed by atoms with E-state index in [-0.39, 0.29) is 0 Å². The molecule has 0 aromatic carbocycles. The van der Waals surface area contributed by atoms with E-state index in [1.807, 2.05) is 0 Å². The summed E-state index contributed by atoms with van der Waals surface area (Å²) >= 11 is 0. The average Bonchev–Trinajstić information content (AvgIpc) is 2.07. The minimum atomic E-state index is 0.751. The van der Waals surface area contributed by atoms with Gasteiger partial charge in [0, 0.05) is 18.8 Å². The van der Waals surface area contributed by atoms with Gasteiger partial charge in [-0.3, -0.25) is 0 Å². The topological polar surface area (TPSA) is 38.0 Å². The van der Waals surface area contributed by atoms with Crippen molar-refractivity contribution in [3.8, 4) is 0 Å². The first-order valence-corrected chi connectivity index (χ1v) is 5.85. The summed E-state index contributed by atoms with van der Waals surface area (Å²) in [5.74, 6) is 1.01. The number of hydrogen-bond acceptors (Lipinski definition) is 4. The van der Waals surface area contributed by atoms with Crippen LogP contribution in [0.2, 0.25) is 0 Å². The summed E-state index contributed by atoms with van der Waals surface area (Å²) in [6, 6.07) is 0. The van der Waals surface area contributed by atoms with Gasteiger partial charge in [0.2, 0.25) is 0 Å². The van der Waals surface area contributed by atoms with Gasteiger partial charge in [0.05, 0.1) is 5.03 Å². The Hall–Kier alpha value is -0.0600. The van der Waals surface area contributed by atoms with Crippen molar-refractivity contribution in [3.05, 3.63) is 23.3 Å². The second kappa shape index (κ2) is 5.57. The highest BCUT2D eigenvalue weighted by Gasteiger charge is 1.97. The Bertz CT molecular complexity index is 166. The maximum atomic E-state index is 5.36. The lowest BCUT2D eigenvalue weighted by molar-refractivity contribution is 0.955. The standard InChI is InChI=1S/C7H12N2S2/c8-4-6-10-11-7-3-1-2-5-9-7/h1-3,9H,4-6,8H2. The molecule has 1 rings (SSSR count). The van der Waals surface area contributed by atoms with Crippen molar-refractivity contribution in [2.75, 3.05) is 18.8 Å². The highest BCUT2D eigenvalue weighted by Crippen LogP contribution is 2.28. The smallest absolute Gasteiger partial charge is 0.0791 e. The van der Waals surface area contributed by atoms with Gasteiger partial charge < -0.3 is 11.1 Å². The molecule has 1 heterocycles. The Kier molecular flexibility index (Phi) is 4.58. The third kappa shape index (κ3) is 3.74. The summed E-state index contributed by atoms with van der Waals surface area (Å²) in [5, 5.41) is 4.48. The molecular weight excluding hydrogens is 176 g/mol. The van der Waals surface area contributed by atoms with Gasteiger partial charge in [-0.05, 0) is 16.9 Å². The Morgan fingerprint density at radius 1 is 1.64 bits per heavy atom. The fourth-order valence-corrected chi connectivity index (χ4v) is 2.50. The van der Waals surface area contributed by atoms with Crippen LogP contribution >= 0.6 is 21.6 Å². The number of nitrogens with one attached hydrogen (secondary N) is 1. The van der Waals surface area contributed by atoms with Crippen molar-refractivity contribution in [2.45, 2.75) is 0 Å². The van der Waals surface area contributed by atoms with Gasteiger partial charge >= 0.3 is 0 Å². The molecule has 3 N–H and O–H groups in total. The maximum Gasteiger partial charge on any atom is 0.0791 e. The molecule has 0 aliphatic carbocycles. The fraction of sp³-hybridized carbons (Fsp3) is 0.429. The minimum Gasteiger partial charge on any atom is -0.376 e. The zero-order chi connectivity index (χ0) is 7.94. The lowest BCUT2D eigenvalue weighted by atomic mass is 10.4.